The molecule has 0 bridgehead atoms. The lowest BCUT2D eigenvalue weighted by atomic mass is 9.94. The van der Waals surface area contributed by atoms with Crippen molar-refractivity contribution in [3.8, 4) is 0 Å². The average Bonchev–Trinajstić information content (AvgIpc) is 2.81. The molecule has 0 spiro atoms. The van der Waals surface area contributed by atoms with E-state index in [9.17, 15) is 8.42 Å². The lowest BCUT2D eigenvalue weighted by molar-refractivity contribution is 0.0776. The first-order valence-corrected chi connectivity index (χ1v) is 8.99. The molecule has 5 heteroatoms. The van der Waals surface area contributed by atoms with Gasteiger partial charge in [-0.25, -0.2) is 8.42 Å². The van der Waals surface area contributed by atoms with Crippen molar-refractivity contribution < 1.29 is 13.2 Å². The lowest BCUT2D eigenvalue weighted by Gasteiger charge is -2.32. The molecule has 106 valence electrons. The smallest absolute Gasteiger partial charge is 0.150 e. The Morgan fingerprint density at radius 2 is 2.00 bits per heavy atom. The second-order valence-corrected chi connectivity index (χ2v) is 8.15. The Morgan fingerprint density at radius 1 is 1.22 bits per heavy atom. The molecule has 4 atom stereocenters. The highest BCUT2D eigenvalue weighted by molar-refractivity contribution is 7.91. The molecule has 4 nitrogen and oxygen atoms in total. The van der Waals surface area contributed by atoms with E-state index < -0.39 is 9.84 Å². The number of nitrogens with one attached hydrogen (secondary N) is 1. The Labute approximate surface area is 110 Å². The van der Waals surface area contributed by atoms with Gasteiger partial charge < -0.3 is 10.1 Å². The molecule has 1 saturated carbocycles. The van der Waals surface area contributed by atoms with E-state index in [0.29, 0.717) is 18.2 Å². The molecule has 0 aromatic rings. The van der Waals surface area contributed by atoms with Gasteiger partial charge in [-0.1, -0.05) is 6.42 Å². The molecule has 1 N–H and O–H groups in total. The molecule has 0 aromatic carbocycles. The molecule has 1 aliphatic carbocycles. The molecule has 0 aromatic heterocycles. The summed E-state index contributed by atoms with van der Waals surface area (Å²) in [5.74, 6) is 0. The van der Waals surface area contributed by atoms with Crippen molar-refractivity contribution in [3.63, 3.8) is 0 Å². The van der Waals surface area contributed by atoms with Gasteiger partial charge in [0, 0.05) is 24.9 Å². The summed E-state index contributed by atoms with van der Waals surface area (Å²) in [6.45, 7) is 3.02. The van der Waals surface area contributed by atoms with Crippen LogP contribution in [-0.2, 0) is 14.6 Å². The van der Waals surface area contributed by atoms with Crippen LogP contribution in [-0.4, -0.2) is 44.7 Å². The SMILES string of the molecule is CC(NC1CCCC(S(C)(=O)=O)C1)C1CCCO1. The van der Waals surface area contributed by atoms with E-state index in [-0.39, 0.29) is 5.25 Å². The molecular formula is C13H25NO3S. The molecule has 1 saturated heterocycles. The standard InChI is InChI=1S/C13H25NO3S/c1-10(13-7-4-8-17-13)14-11-5-3-6-12(9-11)18(2,15)16/h10-14H,3-9H2,1-2H3. The van der Waals surface area contributed by atoms with Crippen LogP contribution in [0.2, 0.25) is 0 Å². The van der Waals surface area contributed by atoms with Crippen molar-refractivity contribution in [2.24, 2.45) is 0 Å². The highest BCUT2D eigenvalue weighted by Gasteiger charge is 2.31. The van der Waals surface area contributed by atoms with Gasteiger partial charge in [-0.15, -0.1) is 0 Å². The van der Waals surface area contributed by atoms with E-state index in [4.69, 9.17) is 4.74 Å². The Kier molecular flexibility index (Phi) is 4.67. The lowest BCUT2D eigenvalue weighted by Crippen LogP contribution is -2.47. The van der Waals surface area contributed by atoms with Crippen molar-refractivity contribution in [2.45, 2.75) is 68.9 Å². The molecule has 0 radical (unpaired) electrons. The number of rotatable bonds is 4. The normalized spacial score (nSPS) is 35.6. The summed E-state index contributed by atoms with van der Waals surface area (Å²) in [7, 11) is -2.88. The first-order valence-electron chi connectivity index (χ1n) is 7.03. The minimum atomic E-state index is -2.88. The maximum Gasteiger partial charge on any atom is 0.150 e. The maximum atomic E-state index is 11.6. The minimum Gasteiger partial charge on any atom is -0.377 e. The summed E-state index contributed by atoms with van der Waals surface area (Å²) < 4.78 is 28.9. The highest BCUT2D eigenvalue weighted by Crippen LogP contribution is 2.25. The average molecular weight is 275 g/mol. The fourth-order valence-corrected chi connectivity index (χ4v) is 4.34. The zero-order valence-corrected chi connectivity index (χ0v) is 12.2. The van der Waals surface area contributed by atoms with Crippen LogP contribution in [0.25, 0.3) is 0 Å². The van der Waals surface area contributed by atoms with Crippen LogP contribution in [0.3, 0.4) is 0 Å². The third-order valence-electron chi connectivity index (χ3n) is 4.25. The van der Waals surface area contributed by atoms with Gasteiger partial charge in [0.15, 0.2) is 0 Å². The van der Waals surface area contributed by atoms with Gasteiger partial charge in [0.25, 0.3) is 0 Å². The predicted molar refractivity (Wildman–Crippen MR) is 72.5 cm³/mol. The zero-order chi connectivity index (χ0) is 13.2. The Morgan fingerprint density at radius 3 is 2.61 bits per heavy atom. The second kappa shape index (κ2) is 5.88. The van der Waals surface area contributed by atoms with Gasteiger partial charge >= 0.3 is 0 Å². The van der Waals surface area contributed by atoms with Gasteiger partial charge in [0.1, 0.15) is 9.84 Å². The van der Waals surface area contributed by atoms with Crippen LogP contribution in [0.15, 0.2) is 0 Å². The second-order valence-electron chi connectivity index (χ2n) is 5.82. The number of hydrogen-bond donors (Lipinski definition) is 1. The number of sulfone groups is 1. The van der Waals surface area contributed by atoms with Crippen molar-refractivity contribution >= 4 is 9.84 Å². The minimum absolute atomic E-state index is 0.152. The predicted octanol–water partition coefficient (Wildman–Crippen LogP) is 1.50. The Balaban J connectivity index is 1.85. The van der Waals surface area contributed by atoms with Crippen molar-refractivity contribution in [1.29, 1.82) is 0 Å². The van der Waals surface area contributed by atoms with E-state index in [1.807, 2.05) is 0 Å². The largest absolute Gasteiger partial charge is 0.377 e. The van der Waals surface area contributed by atoms with E-state index in [1.54, 1.807) is 0 Å². The van der Waals surface area contributed by atoms with Crippen LogP contribution in [0.1, 0.15) is 45.4 Å². The van der Waals surface area contributed by atoms with Gasteiger partial charge in [-0.05, 0) is 39.0 Å². The van der Waals surface area contributed by atoms with Crippen LogP contribution in [0.5, 0.6) is 0 Å². The molecule has 0 amide bonds. The summed E-state index contributed by atoms with van der Waals surface area (Å²) in [6.07, 6.45) is 7.62. The molecule has 1 aliphatic heterocycles. The Bertz CT molecular complexity index is 362. The van der Waals surface area contributed by atoms with E-state index in [2.05, 4.69) is 12.2 Å². The molecular weight excluding hydrogens is 250 g/mol. The summed E-state index contributed by atoms with van der Waals surface area (Å²) in [4.78, 5) is 0. The monoisotopic (exact) mass is 275 g/mol. The van der Waals surface area contributed by atoms with Crippen molar-refractivity contribution in [2.75, 3.05) is 12.9 Å². The maximum absolute atomic E-state index is 11.6. The summed E-state index contributed by atoms with van der Waals surface area (Å²) in [6, 6.07) is 0.661. The number of ether oxygens (including phenoxy) is 1. The van der Waals surface area contributed by atoms with Gasteiger partial charge in [-0.3, -0.25) is 0 Å². The highest BCUT2D eigenvalue weighted by atomic mass is 32.2. The van der Waals surface area contributed by atoms with E-state index in [1.165, 1.54) is 6.26 Å². The summed E-state index contributed by atoms with van der Waals surface area (Å²) >= 11 is 0. The topological polar surface area (TPSA) is 55.4 Å². The first-order chi connectivity index (χ1) is 8.47. The van der Waals surface area contributed by atoms with Gasteiger partial charge in [0.05, 0.1) is 11.4 Å². The molecule has 1 heterocycles. The quantitative estimate of drug-likeness (QED) is 0.845. The summed E-state index contributed by atoms with van der Waals surface area (Å²) in [5, 5.41) is 3.42. The molecule has 18 heavy (non-hydrogen) atoms. The molecule has 4 unspecified atom stereocenters. The van der Waals surface area contributed by atoms with Gasteiger partial charge in [0.2, 0.25) is 0 Å². The fourth-order valence-electron chi connectivity index (χ4n) is 3.16. The van der Waals surface area contributed by atoms with Crippen molar-refractivity contribution in [1.82, 2.24) is 5.32 Å². The van der Waals surface area contributed by atoms with Crippen LogP contribution < -0.4 is 5.32 Å². The fraction of sp³-hybridized carbons (Fsp3) is 1.00. The third kappa shape index (κ3) is 3.68. The zero-order valence-electron chi connectivity index (χ0n) is 11.4. The molecule has 2 aliphatic rings. The van der Waals surface area contributed by atoms with Crippen LogP contribution >= 0.6 is 0 Å². The molecule has 2 rings (SSSR count). The van der Waals surface area contributed by atoms with E-state index in [0.717, 1.165) is 45.1 Å². The third-order valence-corrected chi connectivity index (χ3v) is 5.89. The van der Waals surface area contributed by atoms with Gasteiger partial charge in [-0.2, -0.15) is 0 Å². The number of hydrogen-bond acceptors (Lipinski definition) is 4. The van der Waals surface area contributed by atoms with E-state index >= 15 is 0 Å². The first kappa shape index (κ1) is 14.3. The summed E-state index contributed by atoms with van der Waals surface area (Å²) in [5.41, 5.74) is 0. The molecule has 2 fully saturated rings. The van der Waals surface area contributed by atoms with Crippen LogP contribution in [0.4, 0.5) is 0 Å². The Hall–Kier alpha value is -0.130. The van der Waals surface area contributed by atoms with Crippen LogP contribution in [0, 0.1) is 0 Å². The van der Waals surface area contributed by atoms with Crippen molar-refractivity contribution in [3.05, 3.63) is 0 Å².